The largest absolute Gasteiger partial charge is 0.330 e. The molecule has 0 bridgehead atoms. The molecular formula is C12H14ClN3. The first kappa shape index (κ1) is 11.2. The van der Waals surface area contributed by atoms with Gasteiger partial charge >= 0.3 is 0 Å². The van der Waals surface area contributed by atoms with Crippen molar-refractivity contribution < 1.29 is 0 Å². The molecule has 0 saturated heterocycles. The lowest BCUT2D eigenvalue weighted by Crippen LogP contribution is -2.09. The van der Waals surface area contributed by atoms with Gasteiger partial charge in [0.15, 0.2) is 0 Å². The number of aromatic nitrogens is 2. The van der Waals surface area contributed by atoms with Crippen molar-refractivity contribution in [3.8, 4) is 5.69 Å². The number of benzene rings is 1. The monoisotopic (exact) mass is 235 g/mol. The maximum absolute atomic E-state index is 6.07. The lowest BCUT2D eigenvalue weighted by Gasteiger charge is -2.07. The molecule has 0 saturated carbocycles. The van der Waals surface area contributed by atoms with Crippen LogP contribution >= 0.6 is 11.6 Å². The fraction of sp³-hybridized carbons (Fsp3) is 0.250. The molecule has 2 aromatic rings. The first-order valence-electron chi connectivity index (χ1n) is 5.22. The fourth-order valence-electron chi connectivity index (χ4n) is 1.70. The summed E-state index contributed by atoms with van der Waals surface area (Å²) < 4.78 is 1.85. The standard InChI is InChI=1S/C12H14ClN3/c1-9-3-2-4-10(7-9)16-12(5-6-14)11(13)8-15-16/h2-4,7-8H,5-6,14H2,1H3. The van der Waals surface area contributed by atoms with Crippen LogP contribution in [0.4, 0.5) is 0 Å². The minimum Gasteiger partial charge on any atom is -0.330 e. The van der Waals surface area contributed by atoms with Gasteiger partial charge in [0.25, 0.3) is 0 Å². The Hall–Kier alpha value is -1.32. The summed E-state index contributed by atoms with van der Waals surface area (Å²) in [5, 5.41) is 4.95. The Morgan fingerprint density at radius 2 is 2.25 bits per heavy atom. The van der Waals surface area contributed by atoms with E-state index in [2.05, 4.69) is 24.2 Å². The molecule has 0 fully saturated rings. The number of hydrogen-bond donors (Lipinski definition) is 1. The maximum atomic E-state index is 6.07. The third-order valence-electron chi connectivity index (χ3n) is 2.45. The molecule has 4 heteroatoms. The van der Waals surface area contributed by atoms with Gasteiger partial charge < -0.3 is 5.73 Å². The lowest BCUT2D eigenvalue weighted by molar-refractivity contribution is 0.790. The molecule has 0 radical (unpaired) electrons. The van der Waals surface area contributed by atoms with Gasteiger partial charge in [0.1, 0.15) is 0 Å². The van der Waals surface area contributed by atoms with Crippen molar-refractivity contribution in [2.75, 3.05) is 6.54 Å². The van der Waals surface area contributed by atoms with Crippen molar-refractivity contribution in [3.05, 3.63) is 46.7 Å². The quantitative estimate of drug-likeness (QED) is 0.888. The Labute approximate surface area is 99.8 Å². The van der Waals surface area contributed by atoms with Gasteiger partial charge in [-0.15, -0.1) is 0 Å². The second-order valence-corrected chi connectivity index (χ2v) is 4.14. The molecule has 3 nitrogen and oxygen atoms in total. The molecule has 0 aliphatic carbocycles. The van der Waals surface area contributed by atoms with Crippen molar-refractivity contribution in [2.24, 2.45) is 5.73 Å². The molecule has 0 unspecified atom stereocenters. The molecule has 2 N–H and O–H groups in total. The topological polar surface area (TPSA) is 43.8 Å². The zero-order valence-electron chi connectivity index (χ0n) is 9.15. The minimum absolute atomic E-state index is 0.567. The molecule has 2 rings (SSSR count). The number of hydrogen-bond acceptors (Lipinski definition) is 2. The highest BCUT2D eigenvalue weighted by molar-refractivity contribution is 6.31. The van der Waals surface area contributed by atoms with E-state index < -0.39 is 0 Å². The van der Waals surface area contributed by atoms with E-state index in [-0.39, 0.29) is 0 Å². The molecule has 16 heavy (non-hydrogen) atoms. The average molecular weight is 236 g/mol. The molecule has 1 aromatic carbocycles. The summed E-state index contributed by atoms with van der Waals surface area (Å²) in [4.78, 5) is 0. The van der Waals surface area contributed by atoms with Gasteiger partial charge in [-0.3, -0.25) is 0 Å². The maximum Gasteiger partial charge on any atom is 0.0823 e. The lowest BCUT2D eigenvalue weighted by atomic mass is 10.2. The van der Waals surface area contributed by atoms with Crippen LogP contribution in [0, 0.1) is 6.92 Å². The van der Waals surface area contributed by atoms with Crippen molar-refractivity contribution in [3.63, 3.8) is 0 Å². The van der Waals surface area contributed by atoms with Crippen LogP contribution in [0.2, 0.25) is 5.02 Å². The number of aryl methyl sites for hydroxylation is 1. The number of nitrogens with zero attached hydrogens (tertiary/aromatic N) is 2. The normalized spacial score (nSPS) is 10.7. The summed E-state index contributed by atoms with van der Waals surface area (Å²) in [5.41, 5.74) is 8.75. The van der Waals surface area contributed by atoms with E-state index in [4.69, 9.17) is 17.3 Å². The first-order chi connectivity index (χ1) is 7.72. The summed E-state index contributed by atoms with van der Waals surface area (Å²) in [7, 11) is 0. The average Bonchev–Trinajstić information content (AvgIpc) is 2.61. The summed E-state index contributed by atoms with van der Waals surface area (Å²) in [6.07, 6.45) is 2.39. The Bertz CT molecular complexity index is 491. The SMILES string of the molecule is Cc1cccc(-n2ncc(Cl)c2CCN)c1. The smallest absolute Gasteiger partial charge is 0.0823 e. The van der Waals surface area contributed by atoms with Crippen molar-refractivity contribution >= 4 is 11.6 Å². The van der Waals surface area contributed by atoms with Gasteiger partial charge in [-0.1, -0.05) is 23.7 Å². The highest BCUT2D eigenvalue weighted by Gasteiger charge is 2.09. The molecule has 0 aliphatic rings. The van der Waals surface area contributed by atoms with E-state index >= 15 is 0 Å². The summed E-state index contributed by atoms with van der Waals surface area (Å²) in [6.45, 7) is 2.62. The van der Waals surface area contributed by atoms with E-state index in [1.165, 1.54) is 5.56 Å². The summed E-state index contributed by atoms with van der Waals surface area (Å²) in [6, 6.07) is 8.14. The van der Waals surface area contributed by atoms with Crippen LogP contribution in [0.1, 0.15) is 11.3 Å². The molecule has 1 heterocycles. The van der Waals surface area contributed by atoms with Gasteiger partial charge in [-0.2, -0.15) is 5.10 Å². The van der Waals surface area contributed by atoms with Crippen LogP contribution in [0.15, 0.2) is 30.5 Å². The molecular weight excluding hydrogens is 222 g/mol. The number of rotatable bonds is 3. The number of halogens is 1. The van der Waals surface area contributed by atoms with Gasteiger partial charge in [0.05, 0.1) is 22.6 Å². The zero-order chi connectivity index (χ0) is 11.5. The van der Waals surface area contributed by atoms with E-state index in [1.807, 2.05) is 16.8 Å². The fourth-order valence-corrected chi connectivity index (χ4v) is 1.92. The van der Waals surface area contributed by atoms with Gasteiger partial charge in [-0.25, -0.2) is 4.68 Å². The third kappa shape index (κ3) is 2.10. The first-order valence-corrected chi connectivity index (χ1v) is 5.59. The highest BCUT2D eigenvalue weighted by Crippen LogP contribution is 2.20. The minimum atomic E-state index is 0.567. The molecule has 1 aromatic heterocycles. The molecule has 0 aliphatic heterocycles. The highest BCUT2D eigenvalue weighted by atomic mass is 35.5. The van der Waals surface area contributed by atoms with Crippen LogP contribution in [0.3, 0.4) is 0 Å². The molecule has 0 amide bonds. The van der Waals surface area contributed by atoms with E-state index in [0.717, 1.165) is 17.8 Å². The second-order valence-electron chi connectivity index (χ2n) is 3.73. The van der Waals surface area contributed by atoms with Crippen molar-refractivity contribution in [1.82, 2.24) is 9.78 Å². The Kier molecular flexibility index (Phi) is 3.27. The van der Waals surface area contributed by atoms with Gasteiger partial charge in [0, 0.05) is 6.42 Å². The van der Waals surface area contributed by atoms with E-state index in [0.29, 0.717) is 11.6 Å². The zero-order valence-corrected chi connectivity index (χ0v) is 9.91. The molecule has 84 valence electrons. The Morgan fingerprint density at radius 1 is 1.44 bits per heavy atom. The van der Waals surface area contributed by atoms with Crippen LogP contribution in [-0.2, 0) is 6.42 Å². The summed E-state index contributed by atoms with van der Waals surface area (Å²) >= 11 is 6.07. The predicted molar refractivity (Wildman–Crippen MR) is 66.1 cm³/mol. The predicted octanol–water partition coefficient (Wildman–Crippen LogP) is 2.34. The Morgan fingerprint density at radius 3 is 2.94 bits per heavy atom. The van der Waals surface area contributed by atoms with Crippen LogP contribution in [0.25, 0.3) is 5.69 Å². The second kappa shape index (κ2) is 4.68. The van der Waals surface area contributed by atoms with E-state index in [1.54, 1.807) is 6.20 Å². The van der Waals surface area contributed by atoms with Crippen molar-refractivity contribution in [2.45, 2.75) is 13.3 Å². The Balaban J connectivity index is 2.47. The van der Waals surface area contributed by atoms with Crippen LogP contribution in [-0.4, -0.2) is 16.3 Å². The van der Waals surface area contributed by atoms with Gasteiger partial charge in [-0.05, 0) is 31.2 Å². The third-order valence-corrected chi connectivity index (χ3v) is 2.76. The van der Waals surface area contributed by atoms with Crippen molar-refractivity contribution in [1.29, 1.82) is 0 Å². The van der Waals surface area contributed by atoms with Crippen LogP contribution in [0.5, 0.6) is 0 Å². The van der Waals surface area contributed by atoms with E-state index in [9.17, 15) is 0 Å². The van der Waals surface area contributed by atoms with Crippen LogP contribution < -0.4 is 5.73 Å². The summed E-state index contributed by atoms with van der Waals surface area (Å²) in [5.74, 6) is 0. The number of nitrogens with two attached hydrogens (primary N) is 1. The van der Waals surface area contributed by atoms with Gasteiger partial charge in [0.2, 0.25) is 0 Å². The molecule has 0 atom stereocenters. The molecule has 0 spiro atoms.